The number of nitrogens with one attached hydrogen (secondary N) is 1. The Balaban J connectivity index is 2.05. The third-order valence-electron chi connectivity index (χ3n) is 4.21. The molecule has 0 heterocycles. The van der Waals surface area contributed by atoms with Gasteiger partial charge in [0, 0.05) is 6.04 Å². The maximum absolute atomic E-state index is 3.31. The van der Waals surface area contributed by atoms with E-state index in [2.05, 4.69) is 67.7 Å². The van der Waals surface area contributed by atoms with E-state index in [0.29, 0.717) is 6.04 Å². The Labute approximate surface area is 129 Å². The van der Waals surface area contributed by atoms with Gasteiger partial charge in [-0.2, -0.15) is 0 Å². The van der Waals surface area contributed by atoms with Crippen molar-refractivity contribution in [3.05, 3.63) is 70.8 Å². The Hall–Kier alpha value is -1.60. The molecule has 1 nitrogen and oxygen atoms in total. The van der Waals surface area contributed by atoms with Gasteiger partial charge in [0.15, 0.2) is 0 Å². The maximum Gasteiger partial charge on any atom is 0.00761 e. The zero-order valence-corrected chi connectivity index (χ0v) is 13.5. The van der Waals surface area contributed by atoms with E-state index < -0.39 is 0 Å². The number of likely N-dealkylation sites (N-methyl/N-ethyl adjacent to an activating group) is 1. The molecule has 21 heavy (non-hydrogen) atoms. The molecule has 2 aromatic carbocycles. The highest BCUT2D eigenvalue weighted by atomic mass is 14.8. The first kappa shape index (κ1) is 15.8. The molecule has 112 valence electrons. The highest BCUT2D eigenvalue weighted by Crippen LogP contribution is 2.17. The zero-order chi connectivity index (χ0) is 15.1. The normalized spacial score (nSPS) is 12.3. The Bertz CT molecular complexity index is 545. The summed E-state index contributed by atoms with van der Waals surface area (Å²) < 4.78 is 0. The summed E-state index contributed by atoms with van der Waals surface area (Å²) >= 11 is 0. The van der Waals surface area contributed by atoms with Crippen LogP contribution in [0.5, 0.6) is 0 Å². The van der Waals surface area contributed by atoms with Crippen molar-refractivity contribution < 1.29 is 0 Å². The number of benzene rings is 2. The van der Waals surface area contributed by atoms with E-state index in [1.54, 1.807) is 0 Å². The number of hydrogen-bond donors (Lipinski definition) is 1. The zero-order valence-electron chi connectivity index (χ0n) is 13.5. The number of hydrogen-bond acceptors (Lipinski definition) is 1. The fourth-order valence-corrected chi connectivity index (χ4v) is 2.76. The van der Waals surface area contributed by atoms with Crippen molar-refractivity contribution in [2.75, 3.05) is 7.05 Å². The van der Waals surface area contributed by atoms with E-state index in [1.165, 1.54) is 22.3 Å². The second-order valence-electron chi connectivity index (χ2n) is 5.84. The van der Waals surface area contributed by atoms with E-state index in [4.69, 9.17) is 0 Å². The summed E-state index contributed by atoms with van der Waals surface area (Å²) in [6.07, 6.45) is 4.48. The first-order valence-corrected chi connectivity index (χ1v) is 8.04. The lowest BCUT2D eigenvalue weighted by molar-refractivity contribution is 0.608. The Morgan fingerprint density at radius 2 is 1.67 bits per heavy atom. The summed E-state index contributed by atoms with van der Waals surface area (Å²) in [6.45, 7) is 4.49. The highest BCUT2D eigenvalue weighted by molar-refractivity contribution is 5.33. The lowest BCUT2D eigenvalue weighted by atomic mass is 9.95. The van der Waals surface area contributed by atoms with Crippen LogP contribution in [0.2, 0.25) is 0 Å². The lowest BCUT2D eigenvalue weighted by Gasteiger charge is -2.14. The Morgan fingerprint density at radius 3 is 2.33 bits per heavy atom. The van der Waals surface area contributed by atoms with Crippen molar-refractivity contribution in [2.45, 2.75) is 45.6 Å². The first-order chi connectivity index (χ1) is 10.2. The lowest BCUT2D eigenvalue weighted by Crippen LogP contribution is -2.23. The van der Waals surface area contributed by atoms with Crippen LogP contribution in [-0.4, -0.2) is 13.1 Å². The first-order valence-electron chi connectivity index (χ1n) is 8.04. The second kappa shape index (κ2) is 7.99. The van der Waals surface area contributed by atoms with Gasteiger partial charge in [-0.05, 0) is 61.9 Å². The van der Waals surface area contributed by atoms with Gasteiger partial charge in [-0.3, -0.25) is 0 Å². The van der Waals surface area contributed by atoms with Crippen LogP contribution in [0.4, 0.5) is 0 Å². The summed E-state index contributed by atoms with van der Waals surface area (Å²) in [5.74, 6) is 0. The second-order valence-corrected chi connectivity index (χ2v) is 5.84. The van der Waals surface area contributed by atoms with Crippen molar-refractivity contribution in [1.82, 2.24) is 5.32 Å². The van der Waals surface area contributed by atoms with Crippen LogP contribution in [0.1, 0.15) is 36.1 Å². The molecular weight excluding hydrogens is 254 g/mol. The average molecular weight is 281 g/mol. The molecule has 0 bridgehead atoms. The van der Waals surface area contributed by atoms with Crippen LogP contribution in [0.3, 0.4) is 0 Å². The van der Waals surface area contributed by atoms with Gasteiger partial charge >= 0.3 is 0 Å². The van der Waals surface area contributed by atoms with Crippen molar-refractivity contribution in [3.63, 3.8) is 0 Å². The summed E-state index contributed by atoms with van der Waals surface area (Å²) in [6, 6.07) is 18.3. The quantitative estimate of drug-likeness (QED) is 0.802. The number of aryl methyl sites for hydroxylation is 3. The molecule has 2 rings (SSSR count). The van der Waals surface area contributed by atoms with Crippen LogP contribution in [-0.2, 0) is 25.7 Å². The summed E-state index contributed by atoms with van der Waals surface area (Å²) in [5.41, 5.74) is 5.87. The van der Waals surface area contributed by atoms with Gasteiger partial charge in [-0.15, -0.1) is 0 Å². The SMILES string of the molecule is CCc1cc(CC(C)NC)ccc1CCc1ccccc1. The summed E-state index contributed by atoms with van der Waals surface area (Å²) in [4.78, 5) is 0. The number of rotatable bonds is 7. The van der Waals surface area contributed by atoms with Gasteiger partial charge in [-0.1, -0.05) is 55.5 Å². The summed E-state index contributed by atoms with van der Waals surface area (Å²) in [5, 5.41) is 3.31. The third-order valence-corrected chi connectivity index (χ3v) is 4.21. The van der Waals surface area contributed by atoms with E-state index in [-0.39, 0.29) is 0 Å². The fraction of sp³-hybridized carbons (Fsp3) is 0.400. The largest absolute Gasteiger partial charge is 0.317 e. The van der Waals surface area contributed by atoms with Crippen molar-refractivity contribution in [2.24, 2.45) is 0 Å². The van der Waals surface area contributed by atoms with E-state index in [9.17, 15) is 0 Å². The van der Waals surface area contributed by atoms with Crippen molar-refractivity contribution in [1.29, 1.82) is 0 Å². The molecule has 0 fully saturated rings. The molecule has 0 aliphatic heterocycles. The summed E-state index contributed by atoms with van der Waals surface area (Å²) in [7, 11) is 2.03. The Kier molecular flexibility index (Phi) is 6.01. The maximum atomic E-state index is 3.31. The molecule has 0 spiro atoms. The fourth-order valence-electron chi connectivity index (χ4n) is 2.76. The molecule has 0 aromatic heterocycles. The molecule has 0 radical (unpaired) electrons. The topological polar surface area (TPSA) is 12.0 Å². The van der Waals surface area contributed by atoms with Gasteiger partial charge in [0.25, 0.3) is 0 Å². The molecule has 1 heteroatoms. The van der Waals surface area contributed by atoms with Crippen LogP contribution >= 0.6 is 0 Å². The standard InChI is InChI=1S/C20H27N/c1-4-19-15-18(14-16(2)21-3)11-13-20(19)12-10-17-8-6-5-7-9-17/h5-9,11,13,15-16,21H,4,10,12,14H2,1-3H3. The molecule has 0 saturated carbocycles. The molecule has 1 N–H and O–H groups in total. The van der Waals surface area contributed by atoms with Gasteiger partial charge < -0.3 is 5.32 Å². The highest BCUT2D eigenvalue weighted by Gasteiger charge is 2.06. The van der Waals surface area contributed by atoms with Gasteiger partial charge in [-0.25, -0.2) is 0 Å². The van der Waals surface area contributed by atoms with E-state index >= 15 is 0 Å². The van der Waals surface area contributed by atoms with Gasteiger partial charge in [0.05, 0.1) is 0 Å². The van der Waals surface area contributed by atoms with E-state index in [1.807, 2.05) is 7.05 Å². The minimum Gasteiger partial charge on any atom is -0.317 e. The van der Waals surface area contributed by atoms with Gasteiger partial charge in [0.2, 0.25) is 0 Å². The van der Waals surface area contributed by atoms with Crippen LogP contribution in [0.25, 0.3) is 0 Å². The van der Waals surface area contributed by atoms with E-state index in [0.717, 1.165) is 25.7 Å². The molecule has 0 aliphatic rings. The predicted molar refractivity (Wildman–Crippen MR) is 91.9 cm³/mol. The van der Waals surface area contributed by atoms with Crippen molar-refractivity contribution in [3.8, 4) is 0 Å². The van der Waals surface area contributed by atoms with Crippen LogP contribution in [0.15, 0.2) is 48.5 Å². The molecule has 1 atom stereocenters. The van der Waals surface area contributed by atoms with Crippen molar-refractivity contribution >= 4 is 0 Å². The Morgan fingerprint density at radius 1 is 0.905 bits per heavy atom. The minimum absolute atomic E-state index is 0.532. The molecule has 1 unspecified atom stereocenters. The molecular formula is C20H27N. The third kappa shape index (κ3) is 4.71. The molecule has 0 saturated heterocycles. The smallest absolute Gasteiger partial charge is 0.00761 e. The monoisotopic (exact) mass is 281 g/mol. The molecule has 2 aromatic rings. The minimum atomic E-state index is 0.532. The van der Waals surface area contributed by atoms with Crippen LogP contribution in [0, 0.1) is 0 Å². The van der Waals surface area contributed by atoms with Gasteiger partial charge in [0.1, 0.15) is 0 Å². The predicted octanol–water partition coefficient (Wildman–Crippen LogP) is 4.18. The average Bonchev–Trinajstić information content (AvgIpc) is 2.54. The molecule has 0 amide bonds. The van der Waals surface area contributed by atoms with Crippen LogP contribution < -0.4 is 5.32 Å². The molecule has 0 aliphatic carbocycles.